The van der Waals surface area contributed by atoms with Gasteiger partial charge in [0, 0.05) is 6.07 Å². The molecule has 0 spiro atoms. The molecule has 3 N–H and O–H groups in total. The largest absolute Gasteiger partial charge is 0.475 e. The number of sulfonamides is 1. The lowest BCUT2D eigenvalue weighted by Gasteiger charge is -2.02. The van der Waals surface area contributed by atoms with E-state index in [0.29, 0.717) is 0 Å². The van der Waals surface area contributed by atoms with Crippen molar-refractivity contribution in [2.45, 2.75) is 4.90 Å². The number of pyridine rings is 1. The molecule has 0 radical (unpaired) electrons. The Morgan fingerprint density at radius 1 is 1.50 bits per heavy atom. The summed E-state index contributed by atoms with van der Waals surface area (Å²) in [5, 5.41) is 13.3. The monoisotopic (exact) mass is 218 g/mol. The highest BCUT2D eigenvalue weighted by atomic mass is 32.2. The van der Waals surface area contributed by atoms with Crippen molar-refractivity contribution >= 4 is 10.0 Å². The first-order chi connectivity index (χ1) is 6.54. The third kappa shape index (κ3) is 2.95. The fraction of sp³-hybridized carbons (Fsp3) is 0.286. The molecule has 0 aliphatic rings. The van der Waals surface area contributed by atoms with Crippen LogP contribution < -0.4 is 9.88 Å². The summed E-state index contributed by atoms with van der Waals surface area (Å²) in [6, 6.07) is 2.66. The molecule has 7 heteroatoms. The molecule has 1 rings (SSSR count). The van der Waals surface area contributed by atoms with Gasteiger partial charge in [-0.2, -0.15) is 0 Å². The van der Waals surface area contributed by atoms with Gasteiger partial charge in [0.05, 0.1) is 12.8 Å². The summed E-state index contributed by atoms with van der Waals surface area (Å²) in [7, 11) is -3.71. The van der Waals surface area contributed by atoms with Crippen molar-refractivity contribution in [2.24, 2.45) is 5.14 Å². The topological polar surface area (TPSA) is 103 Å². The van der Waals surface area contributed by atoms with Crippen molar-refractivity contribution in [3.05, 3.63) is 18.3 Å². The minimum atomic E-state index is -3.71. The molecule has 1 heterocycles. The van der Waals surface area contributed by atoms with Crippen molar-refractivity contribution in [3.63, 3.8) is 0 Å². The minimum absolute atomic E-state index is 0.0751. The molecule has 1 aromatic rings. The van der Waals surface area contributed by atoms with E-state index in [1.165, 1.54) is 12.1 Å². The molecule has 0 unspecified atom stereocenters. The normalized spacial score (nSPS) is 11.3. The van der Waals surface area contributed by atoms with E-state index in [2.05, 4.69) is 4.98 Å². The molecule has 0 saturated heterocycles. The average Bonchev–Trinajstić information content (AvgIpc) is 2.14. The molecule has 0 aromatic carbocycles. The molecule has 0 amide bonds. The molecule has 6 nitrogen and oxygen atoms in total. The summed E-state index contributed by atoms with van der Waals surface area (Å²) >= 11 is 0. The maximum absolute atomic E-state index is 10.8. The van der Waals surface area contributed by atoms with E-state index in [9.17, 15) is 8.42 Å². The lowest BCUT2D eigenvalue weighted by Crippen LogP contribution is -2.12. The zero-order valence-electron chi connectivity index (χ0n) is 7.25. The lowest BCUT2D eigenvalue weighted by molar-refractivity contribution is 0.196. The Hall–Kier alpha value is -1.18. The number of ether oxygens (including phenoxy) is 1. The molecule has 0 aliphatic carbocycles. The number of nitrogens with zero attached hydrogens (tertiary/aromatic N) is 1. The summed E-state index contributed by atoms with van der Waals surface area (Å²) in [6.45, 7) is -0.0136. The molecule has 14 heavy (non-hydrogen) atoms. The molecule has 78 valence electrons. The number of nitrogens with two attached hydrogens (primary N) is 1. The SMILES string of the molecule is NS(=O)(=O)c1ccc(OCCO)nc1. The van der Waals surface area contributed by atoms with E-state index in [1.807, 2.05) is 0 Å². The standard InChI is InChI=1S/C7H10N2O4S/c8-14(11,12)6-1-2-7(9-5-6)13-4-3-10/h1-2,5,10H,3-4H2,(H2,8,11,12). The van der Waals surface area contributed by atoms with Gasteiger partial charge in [-0.3, -0.25) is 0 Å². The van der Waals surface area contributed by atoms with Crippen LogP contribution in [0, 0.1) is 0 Å². The van der Waals surface area contributed by atoms with Gasteiger partial charge in [0.25, 0.3) is 0 Å². The van der Waals surface area contributed by atoms with E-state index >= 15 is 0 Å². The van der Waals surface area contributed by atoms with E-state index in [-0.39, 0.29) is 24.0 Å². The first kappa shape index (κ1) is 10.9. The molecule has 0 aliphatic heterocycles. The fourth-order valence-corrected chi connectivity index (χ4v) is 1.23. The first-order valence-electron chi connectivity index (χ1n) is 3.76. The lowest BCUT2D eigenvalue weighted by atomic mass is 10.5. The number of rotatable bonds is 4. The van der Waals surface area contributed by atoms with Crippen molar-refractivity contribution < 1.29 is 18.3 Å². The number of aliphatic hydroxyl groups excluding tert-OH is 1. The fourth-order valence-electron chi connectivity index (χ4n) is 0.771. The van der Waals surface area contributed by atoms with Gasteiger partial charge in [-0.1, -0.05) is 0 Å². The molecule has 0 fully saturated rings. The number of aromatic nitrogens is 1. The Morgan fingerprint density at radius 2 is 2.21 bits per heavy atom. The van der Waals surface area contributed by atoms with Crippen LogP contribution in [0.3, 0.4) is 0 Å². The highest BCUT2D eigenvalue weighted by Crippen LogP contribution is 2.10. The van der Waals surface area contributed by atoms with Crippen molar-refractivity contribution in [3.8, 4) is 5.88 Å². The Kier molecular flexibility index (Phi) is 3.39. The van der Waals surface area contributed by atoms with Crippen LogP contribution in [0.5, 0.6) is 5.88 Å². The van der Waals surface area contributed by atoms with Crippen LogP contribution >= 0.6 is 0 Å². The highest BCUT2D eigenvalue weighted by molar-refractivity contribution is 7.89. The maximum atomic E-state index is 10.8. The molecule has 0 bridgehead atoms. The summed E-state index contributed by atoms with van der Waals surface area (Å²) in [5.41, 5.74) is 0. The molecular weight excluding hydrogens is 208 g/mol. The summed E-state index contributed by atoms with van der Waals surface area (Å²) in [6.07, 6.45) is 1.10. The first-order valence-corrected chi connectivity index (χ1v) is 5.31. The van der Waals surface area contributed by atoms with Crippen LogP contribution in [0.1, 0.15) is 0 Å². The second-order valence-electron chi connectivity index (χ2n) is 2.45. The van der Waals surface area contributed by atoms with Crippen molar-refractivity contribution in [2.75, 3.05) is 13.2 Å². The number of aliphatic hydroxyl groups is 1. The van der Waals surface area contributed by atoms with Crippen LogP contribution in [0.4, 0.5) is 0 Å². The van der Waals surface area contributed by atoms with Crippen molar-refractivity contribution in [1.82, 2.24) is 4.98 Å². The van der Waals surface area contributed by atoms with Gasteiger partial charge in [0.15, 0.2) is 0 Å². The van der Waals surface area contributed by atoms with E-state index in [0.717, 1.165) is 6.20 Å². The van der Waals surface area contributed by atoms with Gasteiger partial charge >= 0.3 is 0 Å². The number of hydrogen-bond donors (Lipinski definition) is 2. The second-order valence-corrected chi connectivity index (χ2v) is 4.01. The second kappa shape index (κ2) is 4.36. The minimum Gasteiger partial charge on any atom is -0.475 e. The maximum Gasteiger partial charge on any atom is 0.239 e. The Bertz CT molecular complexity index is 387. The van der Waals surface area contributed by atoms with E-state index < -0.39 is 10.0 Å². The zero-order chi connectivity index (χ0) is 10.6. The van der Waals surface area contributed by atoms with Gasteiger partial charge in [-0.25, -0.2) is 18.5 Å². The van der Waals surface area contributed by atoms with E-state index in [1.54, 1.807) is 0 Å². The Balaban J connectivity index is 2.79. The Labute approximate surface area is 81.4 Å². The third-order valence-corrected chi connectivity index (χ3v) is 2.28. The summed E-state index contributed by atoms with van der Waals surface area (Å²) in [4.78, 5) is 3.62. The molecule has 0 atom stereocenters. The number of primary sulfonamides is 1. The molecule has 1 aromatic heterocycles. The van der Waals surface area contributed by atoms with Crippen LogP contribution in [0.15, 0.2) is 23.2 Å². The van der Waals surface area contributed by atoms with Gasteiger partial charge < -0.3 is 9.84 Å². The van der Waals surface area contributed by atoms with E-state index in [4.69, 9.17) is 15.0 Å². The van der Waals surface area contributed by atoms with Crippen LogP contribution in [0.25, 0.3) is 0 Å². The molecular formula is C7H10N2O4S. The predicted octanol–water partition coefficient (Wildman–Crippen LogP) is -0.900. The highest BCUT2D eigenvalue weighted by Gasteiger charge is 2.07. The van der Waals surface area contributed by atoms with Crippen LogP contribution in [-0.4, -0.2) is 31.7 Å². The van der Waals surface area contributed by atoms with Crippen LogP contribution in [-0.2, 0) is 10.0 Å². The van der Waals surface area contributed by atoms with Gasteiger partial charge in [-0.15, -0.1) is 0 Å². The predicted molar refractivity (Wildman–Crippen MR) is 48.2 cm³/mol. The van der Waals surface area contributed by atoms with Crippen molar-refractivity contribution in [1.29, 1.82) is 0 Å². The summed E-state index contributed by atoms with van der Waals surface area (Å²) < 4.78 is 26.6. The number of hydrogen-bond acceptors (Lipinski definition) is 5. The summed E-state index contributed by atoms with van der Waals surface area (Å²) in [5.74, 6) is 0.242. The average molecular weight is 218 g/mol. The quantitative estimate of drug-likeness (QED) is 0.681. The third-order valence-electron chi connectivity index (χ3n) is 1.38. The molecule has 0 saturated carbocycles. The Morgan fingerprint density at radius 3 is 2.64 bits per heavy atom. The zero-order valence-corrected chi connectivity index (χ0v) is 8.07. The van der Waals surface area contributed by atoms with Gasteiger partial charge in [0.1, 0.15) is 11.5 Å². The van der Waals surface area contributed by atoms with Crippen LogP contribution in [0.2, 0.25) is 0 Å². The van der Waals surface area contributed by atoms with Gasteiger partial charge in [0.2, 0.25) is 15.9 Å². The smallest absolute Gasteiger partial charge is 0.239 e. The van der Waals surface area contributed by atoms with Gasteiger partial charge in [-0.05, 0) is 6.07 Å².